The molecule has 2 aromatic carbocycles. The van der Waals surface area contributed by atoms with Crippen LogP contribution < -0.4 is 19.7 Å². The lowest BCUT2D eigenvalue weighted by molar-refractivity contribution is -0.120. The fourth-order valence-electron chi connectivity index (χ4n) is 4.44. The third kappa shape index (κ3) is 3.73. The summed E-state index contributed by atoms with van der Waals surface area (Å²) in [5.41, 5.74) is 3.62. The molecule has 0 saturated heterocycles. The molecule has 0 atom stereocenters. The molecule has 0 fully saturated rings. The number of imide groups is 1. The minimum Gasteiger partial charge on any atom is -0.478 e. The summed E-state index contributed by atoms with van der Waals surface area (Å²) in [5.74, 6) is -1.58. The standard InChI is InChI=1S/C28H23N3O5/c1-29(2)16-5-9-20-23(14-16)36-24-15-17(30(3)4)6-10-21(24)27(20)19-8-7-18(13-22(19)28(34)35)31-25(32)11-12-26(31)33/h5-15H,1-4H3/p+1. The Kier molecular flexibility index (Phi) is 5.44. The van der Waals surface area contributed by atoms with Crippen molar-refractivity contribution in [3.8, 4) is 22.5 Å². The molecule has 3 aliphatic rings. The lowest BCUT2D eigenvalue weighted by atomic mass is 9.90. The van der Waals surface area contributed by atoms with Gasteiger partial charge in [-0.2, -0.15) is 0 Å². The number of carboxylic acid groups (broad SMARTS) is 1. The molecule has 0 unspecified atom stereocenters. The number of amides is 2. The van der Waals surface area contributed by atoms with E-state index in [0.29, 0.717) is 22.5 Å². The number of anilines is 2. The molecule has 180 valence electrons. The Morgan fingerprint density at radius 2 is 1.61 bits per heavy atom. The Labute approximate surface area is 207 Å². The zero-order valence-electron chi connectivity index (χ0n) is 20.3. The number of aromatic carboxylic acids is 1. The first-order valence-electron chi connectivity index (χ1n) is 11.3. The molecular weight excluding hydrogens is 458 g/mol. The highest BCUT2D eigenvalue weighted by atomic mass is 16.4. The summed E-state index contributed by atoms with van der Waals surface area (Å²) in [6, 6.07) is 16.2. The van der Waals surface area contributed by atoms with Crippen LogP contribution in [0.5, 0.6) is 0 Å². The number of fused-ring (bicyclic) bond motifs is 2. The minimum absolute atomic E-state index is 0.0258. The van der Waals surface area contributed by atoms with Crippen LogP contribution >= 0.6 is 0 Å². The van der Waals surface area contributed by atoms with Crippen LogP contribution in [0, 0.1) is 0 Å². The number of nitrogens with zero attached hydrogens (tertiary/aromatic N) is 3. The zero-order chi connectivity index (χ0) is 25.7. The Bertz CT molecular complexity index is 1640. The molecule has 0 spiro atoms. The van der Waals surface area contributed by atoms with E-state index in [2.05, 4.69) is 0 Å². The van der Waals surface area contributed by atoms with Crippen molar-refractivity contribution in [2.75, 3.05) is 38.0 Å². The molecule has 2 amide bonds. The van der Waals surface area contributed by atoms with E-state index in [1.165, 1.54) is 18.2 Å². The third-order valence-electron chi connectivity index (χ3n) is 6.29. The van der Waals surface area contributed by atoms with E-state index < -0.39 is 17.8 Å². The Morgan fingerprint density at radius 3 is 2.25 bits per heavy atom. The summed E-state index contributed by atoms with van der Waals surface area (Å²) in [6.07, 6.45) is 2.34. The van der Waals surface area contributed by atoms with Gasteiger partial charge in [-0.15, -0.1) is 0 Å². The van der Waals surface area contributed by atoms with Crippen LogP contribution in [0.1, 0.15) is 10.4 Å². The monoisotopic (exact) mass is 482 g/mol. The Balaban J connectivity index is 1.84. The van der Waals surface area contributed by atoms with Gasteiger partial charge in [0.05, 0.1) is 17.3 Å². The number of carbonyl (C=O) groups excluding carboxylic acids is 2. The van der Waals surface area contributed by atoms with Gasteiger partial charge >= 0.3 is 5.97 Å². The first-order chi connectivity index (χ1) is 17.2. The van der Waals surface area contributed by atoms with Crippen molar-refractivity contribution in [1.82, 2.24) is 4.58 Å². The lowest BCUT2D eigenvalue weighted by Crippen LogP contribution is -2.29. The summed E-state index contributed by atoms with van der Waals surface area (Å²) in [6.45, 7) is 0. The molecule has 0 aromatic heterocycles. The van der Waals surface area contributed by atoms with Gasteiger partial charge in [-0.05, 0) is 35.9 Å². The van der Waals surface area contributed by atoms with Gasteiger partial charge in [-0.25, -0.2) is 14.3 Å². The van der Waals surface area contributed by atoms with E-state index >= 15 is 0 Å². The van der Waals surface area contributed by atoms with E-state index in [4.69, 9.17) is 4.42 Å². The van der Waals surface area contributed by atoms with Crippen molar-refractivity contribution in [3.63, 3.8) is 0 Å². The minimum atomic E-state index is -1.17. The van der Waals surface area contributed by atoms with Crippen LogP contribution in [0.3, 0.4) is 0 Å². The van der Waals surface area contributed by atoms with Crippen molar-refractivity contribution in [3.05, 3.63) is 77.7 Å². The fraction of sp³-hybridized carbons (Fsp3) is 0.143. The molecule has 2 heterocycles. The summed E-state index contributed by atoms with van der Waals surface area (Å²) in [5, 5.41) is 11.8. The van der Waals surface area contributed by atoms with Gasteiger partial charge in [0, 0.05) is 60.6 Å². The molecule has 8 nitrogen and oxygen atoms in total. The van der Waals surface area contributed by atoms with Gasteiger partial charge in [0.25, 0.3) is 11.8 Å². The highest BCUT2D eigenvalue weighted by Crippen LogP contribution is 2.42. The number of rotatable bonds is 4. The van der Waals surface area contributed by atoms with Crippen LogP contribution in [0.4, 0.5) is 11.4 Å². The summed E-state index contributed by atoms with van der Waals surface area (Å²) < 4.78 is 8.28. The van der Waals surface area contributed by atoms with E-state index in [0.717, 1.165) is 26.9 Å². The number of benzene rings is 3. The normalized spacial score (nSPS) is 13.2. The van der Waals surface area contributed by atoms with Gasteiger partial charge in [-0.3, -0.25) is 9.59 Å². The second kappa shape index (κ2) is 8.49. The van der Waals surface area contributed by atoms with Crippen LogP contribution in [-0.4, -0.2) is 51.1 Å². The van der Waals surface area contributed by atoms with E-state index in [-0.39, 0.29) is 11.3 Å². The molecule has 2 aromatic rings. The first kappa shape index (κ1) is 23.0. The van der Waals surface area contributed by atoms with Crippen molar-refractivity contribution >= 4 is 40.1 Å². The fourth-order valence-corrected chi connectivity index (χ4v) is 4.44. The second-order valence-corrected chi connectivity index (χ2v) is 9.01. The van der Waals surface area contributed by atoms with Crippen molar-refractivity contribution in [2.45, 2.75) is 0 Å². The van der Waals surface area contributed by atoms with E-state index in [9.17, 15) is 19.5 Å². The predicted molar refractivity (Wildman–Crippen MR) is 138 cm³/mol. The van der Waals surface area contributed by atoms with Gasteiger partial charge in [0.1, 0.15) is 25.4 Å². The Morgan fingerprint density at radius 1 is 0.917 bits per heavy atom. The lowest BCUT2D eigenvalue weighted by Gasteiger charge is -2.20. The van der Waals surface area contributed by atoms with E-state index in [1.54, 1.807) is 12.1 Å². The van der Waals surface area contributed by atoms with Crippen LogP contribution in [0.15, 0.2) is 71.2 Å². The summed E-state index contributed by atoms with van der Waals surface area (Å²) in [4.78, 5) is 39.8. The first-order valence-corrected chi connectivity index (χ1v) is 11.3. The molecule has 0 bridgehead atoms. The maximum atomic E-state index is 12.4. The van der Waals surface area contributed by atoms with Crippen molar-refractivity contribution in [2.24, 2.45) is 0 Å². The molecule has 0 radical (unpaired) electrons. The molecule has 2 aliphatic heterocycles. The highest BCUT2D eigenvalue weighted by Gasteiger charge is 2.28. The number of hydrogen-bond acceptors (Lipinski definition) is 5. The largest absolute Gasteiger partial charge is 0.478 e. The van der Waals surface area contributed by atoms with Gasteiger partial charge in [0.15, 0.2) is 0 Å². The van der Waals surface area contributed by atoms with Gasteiger partial charge in [0.2, 0.25) is 5.36 Å². The topological polar surface area (TPSA) is 94.1 Å². The van der Waals surface area contributed by atoms with Crippen LogP contribution in [0.2, 0.25) is 0 Å². The van der Waals surface area contributed by atoms with E-state index in [1.807, 2.05) is 74.1 Å². The third-order valence-corrected chi connectivity index (χ3v) is 6.29. The summed E-state index contributed by atoms with van der Waals surface area (Å²) >= 11 is 0. The Hall–Kier alpha value is -4.72. The molecule has 5 rings (SSSR count). The predicted octanol–water partition coefficient (Wildman–Crippen LogP) is 3.43. The number of carbonyl (C=O) groups is 3. The van der Waals surface area contributed by atoms with Crippen LogP contribution in [-0.2, 0) is 9.59 Å². The SMILES string of the molecule is CN(C)c1ccc2c(-c3ccc(N4C(=O)C=CC4=O)cc3C(=O)O)c3ccc(=[N+](C)C)cc-3oc2c1. The molecule has 0 saturated carbocycles. The highest BCUT2D eigenvalue weighted by molar-refractivity contribution is 6.28. The average Bonchev–Trinajstić information content (AvgIpc) is 3.19. The summed E-state index contributed by atoms with van der Waals surface area (Å²) in [7, 11) is 7.74. The molecular formula is C28H24N3O5+. The number of carboxylic acids is 1. The van der Waals surface area contributed by atoms with Crippen LogP contribution in [0.25, 0.3) is 33.4 Å². The van der Waals surface area contributed by atoms with Crippen molar-refractivity contribution < 1.29 is 23.9 Å². The zero-order valence-corrected chi connectivity index (χ0v) is 20.3. The van der Waals surface area contributed by atoms with Crippen molar-refractivity contribution in [1.29, 1.82) is 0 Å². The molecule has 8 heteroatoms. The van der Waals surface area contributed by atoms with Gasteiger partial charge in [-0.1, -0.05) is 6.07 Å². The second-order valence-electron chi connectivity index (χ2n) is 9.01. The van der Waals surface area contributed by atoms with Gasteiger partial charge < -0.3 is 14.4 Å². The quantitative estimate of drug-likeness (QED) is 0.272. The molecule has 1 N–H and O–H groups in total. The molecule has 36 heavy (non-hydrogen) atoms. The maximum absolute atomic E-state index is 12.4. The maximum Gasteiger partial charge on any atom is 0.336 e. The smallest absolute Gasteiger partial charge is 0.336 e. The average molecular weight is 483 g/mol. The molecule has 1 aliphatic carbocycles. The number of hydrogen-bond donors (Lipinski definition) is 1.